The van der Waals surface area contributed by atoms with Gasteiger partial charge < -0.3 is 24.2 Å². The van der Waals surface area contributed by atoms with Crippen molar-refractivity contribution < 1.29 is 58.5 Å². The molecule has 0 aromatic heterocycles. The number of hydrogen-bond donors (Lipinski definition) is 2. The van der Waals surface area contributed by atoms with Crippen LogP contribution in [0, 0.1) is 0 Å². The number of rotatable bonds is 19. The Hall–Kier alpha value is 1.06. The molecule has 0 bridgehead atoms. The van der Waals surface area contributed by atoms with Gasteiger partial charge in [0.25, 0.3) is 0 Å². The molecular formula is C20H39BrNaO6P. The van der Waals surface area contributed by atoms with E-state index in [1.54, 1.807) is 0 Å². The smallest absolute Gasteiger partial charge is 0.778 e. The van der Waals surface area contributed by atoms with Crippen LogP contribution in [0.5, 0.6) is 0 Å². The summed E-state index contributed by atoms with van der Waals surface area (Å²) in [4.78, 5) is 31.3. The first kappa shape index (κ1) is 32.2. The van der Waals surface area contributed by atoms with Crippen molar-refractivity contribution in [2.45, 2.75) is 114 Å². The van der Waals surface area contributed by atoms with Gasteiger partial charge in [-0.25, -0.2) is 0 Å². The molecular weight excluding hydrogens is 470 g/mol. The van der Waals surface area contributed by atoms with Crippen molar-refractivity contribution >= 4 is 29.5 Å². The fraction of sp³-hybridized carbons (Fsp3) is 0.950. The molecule has 0 saturated heterocycles. The Morgan fingerprint density at radius 2 is 1.38 bits per heavy atom. The Kier molecular flexibility index (Phi) is 23.3. The molecule has 3 atom stereocenters. The van der Waals surface area contributed by atoms with Gasteiger partial charge >= 0.3 is 35.5 Å². The molecule has 0 aliphatic carbocycles. The molecule has 0 aromatic carbocycles. The molecule has 2 unspecified atom stereocenters. The van der Waals surface area contributed by atoms with E-state index in [2.05, 4.69) is 22.9 Å². The maximum atomic E-state index is 11.6. The summed E-state index contributed by atoms with van der Waals surface area (Å²) in [6.07, 6.45) is 15.0. The summed E-state index contributed by atoms with van der Waals surface area (Å²) in [5.41, 5.74) is 0. The number of carbonyl (C=O) groups excluding carboxylic acids is 1. The normalized spacial score (nSPS) is 15.2. The molecule has 0 aliphatic rings. The van der Waals surface area contributed by atoms with Crippen molar-refractivity contribution in [3.63, 3.8) is 0 Å². The van der Waals surface area contributed by atoms with E-state index in [1.807, 2.05) is 0 Å². The average Bonchev–Trinajstić information content (AvgIpc) is 2.63. The van der Waals surface area contributed by atoms with Crippen molar-refractivity contribution in [2.75, 3.05) is 6.61 Å². The molecule has 0 aromatic rings. The Morgan fingerprint density at radius 1 is 0.966 bits per heavy atom. The summed E-state index contributed by atoms with van der Waals surface area (Å²) in [5, 5.41) is 9.64. The van der Waals surface area contributed by atoms with Gasteiger partial charge in [-0.1, -0.05) is 99.9 Å². The quantitative estimate of drug-likeness (QED) is 0.0908. The van der Waals surface area contributed by atoms with Gasteiger partial charge in [0.2, 0.25) is 0 Å². The van der Waals surface area contributed by atoms with Crippen molar-refractivity contribution in [2.24, 2.45) is 0 Å². The average molecular weight is 509 g/mol. The van der Waals surface area contributed by atoms with Gasteiger partial charge in [-0.15, -0.1) is 0 Å². The van der Waals surface area contributed by atoms with E-state index in [1.165, 1.54) is 64.2 Å². The fourth-order valence-corrected chi connectivity index (χ4v) is 3.92. The van der Waals surface area contributed by atoms with Crippen LogP contribution in [0.15, 0.2) is 0 Å². The molecule has 0 amide bonds. The van der Waals surface area contributed by atoms with Crippen LogP contribution in [0.3, 0.4) is 0 Å². The second-order valence-electron chi connectivity index (χ2n) is 7.56. The maximum Gasteiger partial charge on any atom is 1.00 e. The molecule has 0 saturated carbocycles. The van der Waals surface area contributed by atoms with Crippen molar-refractivity contribution in [3.05, 3.63) is 0 Å². The van der Waals surface area contributed by atoms with Gasteiger partial charge in [-0.3, -0.25) is 4.79 Å². The summed E-state index contributed by atoms with van der Waals surface area (Å²) >= 11 is 2.78. The first-order chi connectivity index (χ1) is 13.3. The van der Waals surface area contributed by atoms with Crippen LogP contribution >= 0.6 is 23.5 Å². The molecule has 0 rings (SSSR count). The van der Waals surface area contributed by atoms with Crippen molar-refractivity contribution in [1.82, 2.24) is 0 Å². The van der Waals surface area contributed by atoms with Crippen LogP contribution < -0.4 is 34.5 Å². The number of alkyl halides is 1. The molecule has 2 N–H and O–H groups in total. The Morgan fingerprint density at radius 3 is 1.79 bits per heavy atom. The van der Waals surface area contributed by atoms with E-state index in [-0.39, 0.29) is 48.6 Å². The molecule has 9 heteroatoms. The van der Waals surface area contributed by atoms with Crippen LogP contribution in [0.4, 0.5) is 0 Å². The molecule has 0 aliphatic heterocycles. The number of hydrogen-bond acceptors (Lipinski definition) is 5. The third-order valence-electron chi connectivity index (χ3n) is 4.74. The van der Waals surface area contributed by atoms with Gasteiger partial charge in [-0.05, 0) is 12.8 Å². The molecule has 0 spiro atoms. The SMILES string of the molecule is CCCCCCCCCCCCCCCC(=O)OC[C@@H](O)CC(Br)P(=O)([O-])O.[Na+]. The van der Waals surface area contributed by atoms with Gasteiger partial charge in [-0.2, -0.15) is 0 Å². The molecule has 0 radical (unpaired) electrons. The number of halogens is 1. The van der Waals surface area contributed by atoms with E-state index in [0.717, 1.165) is 19.3 Å². The van der Waals surface area contributed by atoms with E-state index in [4.69, 9.17) is 9.63 Å². The van der Waals surface area contributed by atoms with Crippen LogP contribution in [0.25, 0.3) is 0 Å². The van der Waals surface area contributed by atoms with Gasteiger partial charge in [0, 0.05) is 6.42 Å². The summed E-state index contributed by atoms with van der Waals surface area (Å²) in [5.74, 6) is -0.387. The second-order valence-corrected chi connectivity index (χ2v) is 11.1. The second kappa shape index (κ2) is 20.9. The van der Waals surface area contributed by atoms with E-state index < -0.39 is 18.3 Å². The van der Waals surface area contributed by atoms with Crippen LogP contribution in [0.1, 0.15) is 103 Å². The van der Waals surface area contributed by atoms with Crippen LogP contribution in [-0.2, 0) is 14.1 Å². The standard InChI is InChI=1S/C20H40BrO6P.Na/c1-2-3-4-5-6-7-8-9-10-11-12-13-14-15-20(23)27-17-18(22)16-19(21)28(24,25)26;/h18-19,22H,2-17H2,1H3,(H2,24,25,26);/q;+1/p-1/t18-,19?;/m0./s1. The minimum absolute atomic E-state index is 0. The monoisotopic (exact) mass is 508 g/mol. The number of carbonyl (C=O) groups is 1. The Labute approximate surface area is 207 Å². The van der Waals surface area contributed by atoms with Crippen LogP contribution in [-0.4, -0.2) is 33.2 Å². The number of aliphatic hydroxyl groups is 1. The zero-order valence-corrected chi connectivity index (χ0v) is 22.8. The third-order valence-corrected chi connectivity index (χ3v) is 7.59. The number of unbranched alkanes of at least 4 members (excludes halogenated alkanes) is 12. The van der Waals surface area contributed by atoms with Gasteiger partial charge in [0.15, 0.2) is 0 Å². The molecule has 6 nitrogen and oxygen atoms in total. The fourth-order valence-electron chi connectivity index (χ4n) is 2.97. The molecule has 168 valence electrons. The minimum atomic E-state index is -4.54. The van der Waals surface area contributed by atoms with Crippen LogP contribution in [0.2, 0.25) is 0 Å². The summed E-state index contributed by atoms with van der Waals surface area (Å²) in [6, 6.07) is 0. The topological polar surface area (TPSA) is 107 Å². The minimum Gasteiger partial charge on any atom is -0.778 e. The molecule has 0 heterocycles. The summed E-state index contributed by atoms with van der Waals surface area (Å²) in [7, 11) is -4.54. The summed E-state index contributed by atoms with van der Waals surface area (Å²) in [6.45, 7) is 1.98. The van der Waals surface area contributed by atoms with Crippen molar-refractivity contribution in [1.29, 1.82) is 0 Å². The number of ether oxygens (including phenoxy) is 1. The molecule has 29 heavy (non-hydrogen) atoms. The third kappa shape index (κ3) is 22.1. The molecule has 0 fully saturated rings. The summed E-state index contributed by atoms with van der Waals surface area (Å²) < 4.78 is 14.6. The Bertz CT molecular complexity index is 435. The zero-order chi connectivity index (χ0) is 21.3. The maximum absolute atomic E-state index is 11.6. The van der Waals surface area contributed by atoms with E-state index in [9.17, 15) is 19.4 Å². The first-order valence-corrected chi connectivity index (χ1v) is 13.3. The Balaban J connectivity index is 0. The number of aliphatic hydroxyl groups excluding tert-OH is 1. The largest absolute Gasteiger partial charge is 1.00 e. The van der Waals surface area contributed by atoms with E-state index in [0.29, 0.717) is 6.42 Å². The predicted octanol–water partition coefficient (Wildman–Crippen LogP) is 2.03. The zero-order valence-electron chi connectivity index (χ0n) is 18.3. The van der Waals surface area contributed by atoms with Gasteiger partial charge in [0.05, 0.1) is 10.7 Å². The first-order valence-electron chi connectivity index (χ1n) is 10.8. The number of esters is 1. The van der Waals surface area contributed by atoms with Gasteiger partial charge in [0.1, 0.15) is 14.2 Å². The van der Waals surface area contributed by atoms with Crippen molar-refractivity contribution in [3.8, 4) is 0 Å². The predicted molar refractivity (Wildman–Crippen MR) is 114 cm³/mol. The van der Waals surface area contributed by atoms with E-state index >= 15 is 0 Å².